The summed E-state index contributed by atoms with van der Waals surface area (Å²) in [6.45, 7) is 1.28. The second-order valence-corrected chi connectivity index (χ2v) is 7.03. The number of nitrogens with two attached hydrogens (primary N) is 1. The molecular weight excluding hydrogens is 352 g/mol. The Morgan fingerprint density at radius 1 is 1.44 bits per heavy atom. The van der Waals surface area contributed by atoms with Gasteiger partial charge in [0, 0.05) is 19.3 Å². The molecule has 144 valence electrons. The number of amides is 3. The van der Waals surface area contributed by atoms with Crippen molar-refractivity contribution in [1.82, 2.24) is 14.7 Å². The molecule has 3 amide bonds. The van der Waals surface area contributed by atoms with Crippen molar-refractivity contribution in [3.63, 3.8) is 0 Å². The van der Waals surface area contributed by atoms with Crippen molar-refractivity contribution >= 4 is 24.2 Å². The van der Waals surface area contributed by atoms with Crippen LogP contribution in [0.3, 0.4) is 0 Å². The van der Waals surface area contributed by atoms with E-state index in [9.17, 15) is 19.6 Å². The molecule has 2 aliphatic rings. The summed E-state index contributed by atoms with van der Waals surface area (Å²) in [4.78, 5) is 36.2. The van der Waals surface area contributed by atoms with Gasteiger partial charge in [0.15, 0.2) is 5.82 Å². The van der Waals surface area contributed by atoms with Crippen LogP contribution in [-0.4, -0.2) is 52.8 Å². The van der Waals surface area contributed by atoms with Gasteiger partial charge in [-0.15, -0.1) is 0 Å². The number of hydrogen-bond donors (Lipinski definition) is 2. The molecule has 2 heterocycles. The lowest BCUT2D eigenvalue weighted by molar-refractivity contribution is -0.105. The molecule has 0 unspecified atom stereocenters. The van der Waals surface area contributed by atoms with Crippen molar-refractivity contribution < 1.29 is 19.1 Å². The number of rotatable bonds is 7. The summed E-state index contributed by atoms with van der Waals surface area (Å²) in [6.07, 6.45) is 4.83. The third kappa shape index (κ3) is 4.02. The SMILES string of the molecule is N#CCC1(n2cc(C(N)=O)c(NC=O)n2)CCN(C(=O)OCC2CC2)CC1. The number of hydrogen-bond acceptors (Lipinski definition) is 6. The maximum Gasteiger partial charge on any atom is 0.409 e. The van der Waals surface area contributed by atoms with E-state index in [1.54, 1.807) is 4.90 Å². The van der Waals surface area contributed by atoms with E-state index < -0.39 is 11.4 Å². The third-order valence-corrected chi connectivity index (χ3v) is 5.16. The highest BCUT2D eigenvalue weighted by atomic mass is 16.6. The Morgan fingerprint density at radius 3 is 2.70 bits per heavy atom. The minimum absolute atomic E-state index is 0.0566. The normalized spacial score (nSPS) is 18.4. The minimum atomic E-state index is -0.723. The predicted octanol–water partition coefficient (Wildman–Crippen LogP) is 0.802. The average Bonchev–Trinajstić information content (AvgIpc) is 3.38. The van der Waals surface area contributed by atoms with E-state index in [4.69, 9.17) is 10.5 Å². The Kier molecular flexibility index (Phi) is 5.30. The van der Waals surface area contributed by atoms with Crippen LogP contribution in [0.5, 0.6) is 0 Å². The van der Waals surface area contributed by atoms with Crippen LogP contribution >= 0.6 is 0 Å². The molecule has 1 saturated heterocycles. The van der Waals surface area contributed by atoms with E-state index in [2.05, 4.69) is 16.5 Å². The highest BCUT2D eigenvalue weighted by Crippen LogP contribution is 2.35. The van der Waals surface area contributed by atoms with Gasteiger partial charge in [0.2, 0.25) is 6.41 Å². The number of primary amides is 1. The molecule has 1 aromatic rings. The Bertz CT molecular complexity index is 771. The first-order chi connectivity index (χ1) is 13.0. The predicted molar refractivity (Wildman–Crippen MR) is 93.5 cm³/mol. The number of piperidine rings is 1. The number of ether oxygens (including phenoxy) is 1. The first-order valence-electron chi connectivity index (χ1n) is 8.88. The largest absolute Gasteiger partial charge is 0.449 e. The summed E-state index contributed by atoms with van der Waals surface area (Å²) in [6, 6.07) is 2.16. The van der Waals surface area contributed by atoms with E-state index >= 15 is 0 Å². The molecular formula is C17H22N6O4. The first kappa shape index (κ1) is 18.7. The fraction of sp³-hybridized carbons (Fsp3) is 0.588. The van der Waals surface area contributed by atoms with Gasteiger partial charge < -0.3 is 20.7 Å². The maximum absolute atomic E-state index is 12.2. The van der Waals surface area contributed by atoms with Crippen LogP contribution in [0.25, 0.3) is 0 Å². The number of nitrogens with zero attached hydrogens (tertiary/aromatic N) is 4. The van der Waals surface area contributed by atoms with Gasteiger partial charge in [-0.25, -0.2) is 4.79 Å². The van der Waals surface area contributed by atoms with E-state index in [1.807, 2.05) is 0 Å². The zero-order chi connectivity index (χ0) is 19.4. The lowest BCUT2D eigenvalue weighted by atomic mass is 9.85. The Hall–Kier alpha value is -3.09. The molecule has 0 atom stereocenters. The van der Waals surface area contributed by atoms with Crippen molar-refractivity contribution in [2.24, 2.45) is 11.7 Å². The Labute approximate surface area is 156 Å². The summed E-state index contributed by atoms with van der Waals surface area (Å²) in [7, 11) is 0. The van der Waals surface area contributed by atoms with Crippen molar-refractivity contribution in [3.05, 3.63) is 11.8 Å². The molecule has 0 bridgehead atoms. The van der Waals surface area contributed by atoms with Gasteiger partial charge in [-0.05, 0) is 31.6 Å². The molecule has 3 N–H and O–H groups in total. The van der Waals surface area contributed by atoms with Crippen LogP contribution in [0.1, 0.15) is 42.5 Å². The fourth-order valence-corrected chi connectivity index (χ4v) is 3.26. The minimum Gasteiger partial charge on any atom is -0.449 e. The van der Waals surface area contributed by atoms with Crippen LogP contribution in [0, 0.1) is 17.2 Å². The van der Waals surface area contributed by atoms with Gasteiger partial charge in [0.1, 0.15) is 5.56 Å². The summed E-state index contributed by atoms with van der Waals surface area (Å²) >= 11 is 0. The molecule has 10 heteroatoms. The fourth-order valence-electron chi connectivity index (χ4n) is 3.26. The van der Waals surface area contributed by atoms with Crippen molar-refractivity contribution in [2.75, 3.05) is 25.0 Å². The van der Waals surface area contributed by atoms with Crippen molar-refractivity contribution in [3.8, 4) is 6.07 Å². The lowest BCUT2D eigenvalue weighted by Gasteiger charge is -2.40. The van der Waals surface area contributed by atoms with E-state index in [1.165, 1.54) is 10.9 Å². The molecule has 0 radical (unpaired) electrons. The summed E-state index contributed by atoms with van der Waals surface area (Å²) in [5.74, 6) is -0.170. The molecule has 0 spiro atoms. The molecule has 1 saturated carbocycles. The van der Waals surface area contributed by atoms with Crippen LogP contribution in [-0.2, 0) is 15.1 Å². The van der Waals surface area contributed by atoms with E-state index in [0.717, 1.165) is 12.8 Å². The highest BCUT2D eigenvalue weighted by Gasteiger charge is 2.40. The van der Waals surface area contributed by atoms with Gasteiger partial charge in [-0.3, -0.25) is 14.3 Å². The van der Waals surface area contributed by atoms with Gasteiger partial charge in [0.25, 0.3) is 5.91 Å². The molecule has 1 aliphatic carbocycles. The average molecular weight is 374 g/mol. The van der Waals surface area contributed by atoms with Crippen LogP contribution in [0.15, 0.2) is 6.20 Å². The highest BCUT2D eigenvalue weighted by molar-refractivity contribution is 5.99. The monoisotopic (exact) mass is 374 g/mol. The van der Waals surface area contributed by atoms with Crippen LogP contribution in [0.4, 0.5) is 10.6 Å². The number of carbonyl (C=O) groups excluding carboxylic acids is 3. The zero-order valence-corrected chi connectivity index (χ0v) is 14.9. The quantitative estimate of drug-likeness (QED) is 0.676. The number of nitrogens with one attached hydrogen (secondary N) is 1. The van der Waals surface area contributed by atoms with Crippen molar-refractivity contribution in [1.29, 1.82) is 5.26 Å². The number of carbonyl (C=O) groups is 3. The van der Waals surface area contributed by atoms with Crippen LogP contribution < -0.4 is 11.1 Å². The molecule has 1 aliphatic heterocycles. The van der Waals surface area contributed by atoms with Gasteiger partial charge in [-0.1, -0.05) is 0 Å². The van der Waals surface area contributed by atoms with Crippen LogP contribution in [0.2, 0.25) is 0 Å². The maximum atomic E-state index is 12.2. The number of nitriles is 1. The first-order valence-corrected chi connectivity index (χ1v) is 8.88. The number of anilines is 1. The lowest BCUT2D eigenvalue weighted by Crippen LogP contribution is -2.48. The number of aromatic nitrogens is 2. The van der Waals surface area contributed by atoms with Gasteiger partial charge in [-0.2, -0.15) is 10.4 Å². The van der Waals surface area contributed by atoms with E-state index in [-0.39, 0.29) is 23.9 Å². The summed E-state index contributed by atoms with van der Waals surface area (Å²) in [5.41, 5.74) is 4.74. The van der Waals surface area contributed by atoms with E-state index in [0.29, 0.717) is 44.9 Å². The summed E-state index contributed by atoms with van der Waals surface area (Å²) in [5, 5.41) is 15.9. The Balaban J connectivity index is 1.74. The molecule has 1 aromatic heterocycles. The second kappa shape index (κ2) is 7.65. The second-order valence-electron chi connectivity index (χ2n) is 7.03. The zero-order valence-electron chi connectivity index (χ0n) is 14.9. The van der Waals surface area contributed by atoms with Crippen molar-refractivity contribution in [2.45, 2.75) is 37.6 Å². The van der Waals surface area contributed by atoms with Gasteiger partial charge >= 0.3 is 6.09 Å². The molecule has 0 aromatic carbocycles. The number of likely N-dealkylation sites (tertiary alicyclic amines) is 1. The smallest absolute Gasteiger partial charge is 0.409 e. The summed E-state index contributed by atoms with van der Waals surface area (Å²) < 4.78 is 6.84. The molecule has 10 nitrogen and oxygen atoms in total. The molecule has 27 heavy (non-hydrogen) atoms. The third-order valence-electron chi connectivity index (χ3n) is 5.16. The standard InChI is InChI=1S/C17H22N6O4/c18-6-3-17(23-9-13(14(19)25)15(21-23)20-11-24)4-7-22(8-5-17)16(26)27-10-12-1-2-12/h9,11-12H,1-5,7-8,10H2,(H2,19,25)(H,20,21,24). The Morgan fingerprint density at radius 2 is 2.15 bits per heavy atom. The molecule has 2 fully saturated rings. The van der Waals surface area contributed by atoms with Gasteiger partial charge in [0.05, 0.1) is 24.6 Å². The molecule has 3 rings (SSSR count). The topological polar surface area (TPSA) is 143 Å².